The maximum atomic E-state index is 14.6. The average Bonchev–Trinajstić information content (AvgIpc) is 2.74. The lowest BCUT2D eigenvalue weighted by molar-refractivity contribution is 0.102. The second-order valence-electron chi connectivity index (χ2n) is 6.40. The number of sulfonamides is 1. The highest BCUT2D eigenvalue weighted by atomic mass is 35.5. The van der Waals surface area contributed by atoms with Gasteiger partial charge in [-0.15, -0.1) is 0 Å². The van der Waals surface area contributed by atoms with Gasteiger partial charge in [0.05, 0.1) is 41.1 Å². The molecule has 32 heavy (non-hydrogen) atoms. The minimum atomic E-state index is -4.12. The van der Waals surface area contributed by atoms with Gasteiger partial charge in [0.2, 0.25) is 0 Å². The molecule has 3 aromatic rings. The first-order chi connectivity index (χ1) is 15.1. The Kier molecular flexibility index (Phi) is 7.12. The molecule has 2 N–H and O–H groups in total. The minimum absolute atomic E-state index is 0.0854. The van der Waals surface area contributed by atoms with Gasteiger partial charge in [-0.1, -0.05) is 23.2 Å². The predicted molar refractivity (Wildman–Crippen MR) is 121 cm³/mol. The molecular formula is C21H17Cl2FN2O5S. The molecule has 0 saturated heterocycles. The molecule has 0 saturated carbocycles. The summed E-state index contributed by atoms with van der Waals surface area (Å²) in [5, 5.41) is 2.79. The van der Waals surface area contributed by atoms with Crippen LogP contribution >= 0.6 is 23.2 Å². The predicted octanol–water partition coefficient (Wildman–Crippen LogP) is 5.20. The Morgan fingerprint density at radius 1 is 0.938 bits per heavy atom. The van der Waals surface area contributed by atoms with Crippen molar-refractivity contribution < 1.29 is 27.1 Å². The van der Waals surface area contributed by atoms with E-state index in [4.69, 9.17) is 32.7 Å². The van der Waals surface area contributed by atoms with Gasteiger partial charge in [0, 0.05) is 11.1 Å². The van der Waals surface area contributed by atoms with Gasteiger partial charge in [0.15, 0.2) is 11.5 Å². The van der Waals surface area contributed by atoms with E-state index in [-0.39, 0.29) is 26.9 Å². The van der Waals surface area contributed by atoms with Crippen molar-refractivity contribution in [3.8, 4) is 11.5 Å². The molecule has 0 unspecified atom stereocenters. The van der Waals surface area contributed by atoms with E-state index in [0.29, 0.717) is 16.5 Å². The Labute approximate surface area is 194 Å². The van der Waals surface area contributed by atoms with Gasteiger partial charge in [-0.2, -0.15) is 0 Å². The summed E-state index contributed by atoms with van der Waals surface area (Å²) in [5.74, 6) is -0.886. The third-order valence-electron chi connectivity index (χ3n) is 4.31. The molecule has 168 valence electrons. The SMILES string of the molecule is COc1ccc(NS(=O)(=O)c2ccc(NC(=O)c3ccc(Cl)cc3Cl)c(F)c2)cc1OC. The van der Waals surface area contributed by atoms with Gasteiger partial charge in [-0.25, -0.2) is 12.8 Å². The van der Waals surface area contributed by atoms with Crippen molar-refractivity contribution in [1.82, 2.24) is 0 Å². The zero-order valence-corrected chi connectivity index (χ0v) is 19.1. The average molecular weight is 499 g/mol. The largest absolute Gasteiger partial charge is 0.493 e. The normalized spacial score (nSPS) is 11.0. The molecule has 0 heterocycles. The molecule has 1 amide bonds. The van der Waals surface area contributed by atoms with Crippen LogP contribution in [0, 0.1) is 5.82 Å². The molecule has 11 heteroatoms. The first-order valence-corrected chi connectivity index (χ1v) is 11.2. The number of rotatable bonds is 7. The number of anilines is 2. The van der Waals surface area contributed by atoms with Crippen molar-refractivity contribution in [3.05, 3.63) is 76.0 Å². The first kappa shape index (κ1) is 23.6. The summed E-state index contributed by atoms with van der Waals surface area (Å²) in [6.07, 6.45) is 0. The summed E-state index contributed by atoms with van der Waals surface area (Å²) in [5.41, 5.74) is 0.0613. The summed E-state index contributed by atoms with van der Waals surface area (Å²) in [4.78, 5) is 12.0. The number of benzene rings is 3. The van der Waals surface area contributed by atoms with Gasteiger partial charge < -0.3 is 14.8 Å². The van der Waals surface area contributed by atoms with Gasteiger partial charge >= 0.3 is 0 Å². The summed E-state index contributed by atoms with van der Waals surface area (Å²) in [6, 6.07) is 11.8. The van der Waals surface area contributed by atoms with Crippen LogP contribution in [0.4, 0.5) is 15.8 Å². The zero-order valence-electron chi connectivity index (χ0n) is 16.8. The van der Waals surface area contributed by atoms with E-state index in [1.54, 1.807) is 0 Å². The number of hydrogen-bond donors (Lipinski definition) is 2. The Hall–Kier alpha value is -3.01. The van der Waals surface area contributed by atoms with Crippen molar-refractivity contribution in [1.29, 1.82) is 0 Å². The highest BCUT2D eigenvalue weighted by Crippen LogP contribution is 2.31. The van der Waals surface area contributed by atoms with E-state index in [0.717, 1.165) is 18.2 Å². The van der Waals surface area contributed by atoms with E-state index in [2.05, 4.69) is 10.0 Å². The molecule has 3 aromatic carbocycles. The van der Waals surface area contributed by atoms with Crippen molar-refractivity contribution in [2.45, 2.75) is 4.90 Å². The highest BCUT2D eigenvalue weighted by molar-refractivity contribution is 7.92. The summed E-state index contributed by atoms with van der Waals surface area (Å²) in [7, 11) is -1.26. The molecule has 3 rings (SSSR count). The van der Waals surface area contributed by atoms with E-state index in [1.165, 1.54) is 50.6 Å². The summed E-state index contributed by atoms with van der Waals surface area (Å²) >= 11 is 11.8. The number of carbonyl (C=O) groups excluding carboxylic acids is 1. The molecule has 7 nitrogen and oxygen atoms in total. The topological polar surface area (TPSA) is 93.7 Å². The smallest absolute Gasteiger partial charge is 0.262 e. The monoisotopic (exact) mass is 498 g/mol. The van der Waals surface area contributed by atoms with Crippen molar-refractivity contribution in [3.63, 3.8) is 0 Å². The lowest BCUT2D eigenvalue weighted by Crippen LogP contribution is -2.16. The van der Waals surface area contributed by atoms with Crippen LogP contribution in [0.15, 0.2) is 59.5 Å². The molecular weight excluding hydrogens is 482 g/mol. The summed E-state index contributed by atoms with van der Waals surface area (Å²) in [6.45, 7) is 0. The van der Waals surface area contributed by atoms with E-state index >= 15 is 0 Å². The number of methoxy groups -OCH3 is 2. The lowest BCUT2D eigenvalue weighted by atomic mass is 10.2. The maximum absolute atomic E-state index is 14.6. The molecule has 0 aliphatic heterocycles. The van der Waals surface area contributed by atoms with Crippen molar-refractivity contribution >= 4 is 50.5 Å². The van der Waals surface area contributed by atoms with Gasteiger partial charge in [-0.05, 0) is 48.5 Å². The van der Waals surface area contributed by atoms with Crippen LogP contribution in [0.25, 0.3) is 0 Å². The van der Waals surface area contributed by atoms with Gasteiger partial charge in [0.25, 0.3) is 15.9 Å². The number of hydrogen-bond acceptors (Lipinski definition) is 5. The lowest BCUT2D eigenvalue weighted by Gasteiger charge is -2.13. The number of amides is 1. The van der Waals surface area contributed by atoms with Crippen LogP contribution in [0.1, 0.15) is 10.4 Å². The molecule has 0 spiro atoms. The number of carbonyl (C=O) groups is 1. The number of halogens is 3. The fraction of sp³-hybridized carbons (Fsp3) is 0.0952. The Bertz CT molecular complexity index is 1290. The third kappa shape index (κ3) is 5.24. The van der Waals surface area contributed by atoms with Crippen molar-refractivity contribution in [2.75, 3.05) is 24.3 Å². The van der Waals surface area contributed by atoms with E-state index < -0.39 is 21.7 Å². The van der Waals surface area contributed by atoms with Gasteiger partial charge in [0.1, 0.15) is 5.82 Å². The minimum Gasteiger partial charge on any atom is -0.493 e. The highest BCUT2D eigenvalue weighted by Gasteiger charge is 2.19. The van der Waals surface area contributed by atoms with Crippen LogP contribution in [-0.2, 0) is 10.0 Å². The van der Waals surface area contributed by atoms with E-state index in [9.17, 15) is 17.6 Å². The Morgan fingerprint density at radius 3 is 2.28 bits per heavy atom. The fourth-order valence-electron chi connectivity index (χ4n) is 2.74. The van der Waals surface area contributed by atoms with Crippen LogP contribution < -0.4 is 19.5 Å². The fourth-order valence-corrected chi connectivity index (χ4v) is 4.30. The van der Waals surface area contributed by atoms with Crippen LogP contribution in [-0.4, -0.2) is 28.5 Å². The second-order valence-corrected chi connectivity index (χ2v) is 8.92. The second kappa shape index (κ2) is 9.64. The molecule has 0 aliphatic carbocycles. The summed E-state index contributed by atoms with van der Waals surface area (Å²) < 4.78 is 52.5. The molecule has 0 aromatic heterocycles. The Balaban J connectivity index is 1.81. The standard InChI is InChI=1S/C21H17Cl2FN2O5S/c1-30-19-8-4-13(10-20(19)31-2)26-32(28,29)14-5-7-18(17(24)11-14)25-21(27)15-6-3-12(22)9-16(15)23/h3-11,26H,1-2H3,(H,25,27). The maximum Gasteiger partial charge on any atom is 0.262 e. The Morgan fingerprint density at radius 2 is 1.66 bits per heavy atom. The van der Waals surface area contributed by atoms with Crippen molar-refractivity contribution in [2.24, 2.45) is 0 Å². The molecule has 0 bridgehead atoms. The van der Waals surface area contributed by atoms with Gasteiger partial charge in [-0.3, -0.25) is 9.52 Å². The van der Waals surface area contributed by atoms with Crippen LogP contribution in [0.5, 0.6) is 11.5 Å². The van der Waals surface area contributed by atoms with E-state index in [1.807, 2.05) is 0 Å². The number of nitrogens with one attached hydrogen (secondary N) is 2. The molecule has 0 radical (unpaired) electrons. The molecule has 0 fully saturated rings. The zero-order chi connectivity index (χ0) is 23.5. The number of ether oxygens (including phenoxy) is 2. The molecule has 0 aliphatic rings. The van der Waals surface area contributed by atoms with Crippen LogP contribution in [0.2, 0.25) is 10.0 Å². The van der Waals surface area contributed by atoms with Crippen LogP contribution in [0.3, 0.4) is 0 Å². The third-order valence-corrected chi connectivity index (χ3v) is 6.24. The quantitative estimate of drug-likeness (QED) is 0.466. The first-order valence-electron chi connectivity index (χ1n) is 8.95. The molecule has 0 atom stereocenters.